The van der Waals surface area contributed by atoms with Crippen molar-refractivity contribution < 1.29 is 9.50 Å². The average molecular weight is 253 g/mol. The molecule has 0 amide bonds. The SMILES string of the molecule is Nc1nc2c(ncn2C[C@]2(F)C[C@H]2CO)c(=O)[nH]1. The van der Waals surface area contributed by atoms with Crippen molar-refractivity contribution in [1.82, 2.24) is 19.5 Å². The van der Waals surface area contributed by atoms with Crippen molar-refractivity contribution >= 4 is 17.1 Å². The number of nitrogens with two attached hydrogens (primary N) is 1. The predicted molar refractivity (Wildman–Crippen MR) is 61.6 cm³/mol. The van der Waals surface area contributed by atoms with Crippen LogP contribution in [-0.2, 0) is 6.54 Å². The minimum Gasteiger partial charge on any atom is -0.396 e. The number of hydrogen-bond donors (Lipinski definition) is 3. The van der Waals surface area contributed by atoms with Gasteiger partial charge in [-0.3, -0.25) is 9.78 Å². The number of nitrogen functional groups attached to an aromatic ring is 1. The minimum atomic E-state index is -1.44. The molecule has 96 valence electrons. The molecule has 0 saturated heterocycles. The number of nitrogens with one attached hydrogen (secondary N) is 1. The highest BCUT2D eigenvalue weighted by Crippen LogP contribution is 2.48. The summed E-state index contributed by atoms with van der Waals surface area (Å²) in [5.74, 6) is -0.383. The fourth-order valence-electron chi connectivity index (χ4n) is 2.14. The number of nitrogens with zero attached hydrogens (tertiary/aromatic N) is 3. The molecule has 1 saturated carbocycles. The maximum atomic E-state index is 14.1. The number of imidazole rings is 1. The van der Waals surface area contributed by atoms with Crippen LogP contribution in [0, 0.1) is 5.92 Å². The zero-order chi connectivity index (χ0) is 12.9. The second kappa shape index (κ2) is 3.52. The van der Waals surface area contributed by atoms with Crippen molar-refractivity contribution in [2.75, 3.05) is 12.3 Å². The van der Waals surface area contributed by atoms with Crippen molar-refractivity contribution in [3.63, 3.8) is 0 Å². The second-order valence-electron chi connectivity index (χ2n) is 4.61. The topological polar surface area (TPSA) is 110 Å². The van der Waals surface area contributed by atoms with Crippen LogP contribution < -0.4 is 11.3 Å². The third-order valence-corrected chi connectivity index (χ3v) is 3.30. The molecule has 0 spiro atoms. The molecule has 0 aliphatic heterocycles. The lowest BCUT2D eigenvalue weighted by atomic mass is 10.3. The van der Waals surface area contributed by atoms with Gasteiger partial charge in [-0.1, -0.05) is 0 Å². The molecule has 7 nitrogen and oxygen atoms in total. The molecular weight excluding hydrogens is 241 g/mol. The Balaban J connectivity index is 2.01. The van der Waals surface area contributed by atoms with Crippen LogP contribution in [0.2, 0.25) is 0 Å². The number of halogens is 1. The first-order valence-electron chi connectivity index (χ1n) is 5.54. The van der Waals surface area contributed by atoms with Crippen molar-refractivity contribution in [3.05, 3.63) is 16.7 Å². The lowest BCUT2D eigenvalue weighted by Gasteiger charge is -2.08. The van der Waals surface area contributed by atoms with Gasteiger partial charge in [0.05, 0.1) is 12.9 Å². The maximum absolute atomic E-state index is 14.1. The van der Waals surface area contributed by atoms with Crippen LogP contribution in [-0.4, -0.2) is 36.9 Å². The molecule has 4 N–H and O–H groups in total. The number of hydrogen-bond acceptors (Lipinski definition) is 5. The van der Waals surface area contributed by atoms with Crippen LogP contribution in [0.25, 0.3) is 11.2 Å². The molecule has 0 unspecified atom stereocenters. The molecule has 2 aromatic rings. The number of aromatic nitrogens is 4. The molecule has 1 aliphatic carbocycles. The Morgan fingerprint density at radius 1 is 1.72 bits per heavy atom. The highest BCUT2D eigenvalue weighted by atomic mass is 19.1. The number of H-pyrrole nitrogens is 1. The van der Waals surface area contributed by atoms with Gasteiger partial charge in [-0.2, -0.15) is 4.98 Å². The third-order valence-electron chi connectivity index (χ3n) is 3.30. The van der Waals surface area contributed by atoms with Crippen molar-refractivity contribution in [1.29, 1.82) is 0 Å². The molecule has 8 heteroatoms. The first-order valence-corrected chi connectivity index (χ1v) is 5.54. The zero-order valence-corrected chi connectivity index (χ0v) is 9.43. The lowest BCUT2D eigenvalue weighted by molar-refractivity contribution is 0.194. The van der Waals surface area contributed by atoms with E-state index in [2.05, 4.69) is 15.0 Å². The van der Waals surface area contributed by atoms with Crippen molar-refractivity contribution in [2.24, 2.45) is 5.92 Å². The van der Waals surface area contributed by atoms with E-state index in [4.69, 9.17) is 10.8 Å². The fraction of sp³-hybridized carbons (Fsp3) is 0.500. The smallest absolute Gasteiger partial charge is 0.280 e. The van der Waals surface area contributed by atoms with E-state index in [1.54, 1.807) is 0 Å². The molecule has 0 bridgehead atoms. The zero-order valence-electron chi connectivity index (χ0n) is 9.43. The number of aromatic amines is 1. The lowest BCUT2D eigenvalue weighted by Crippen LogP contribution is -2.17. The van der Waals surface area contributed by atoms with Gasteiger partial charge in [0.15, 0.2) is 11.2 Å². The largest absolute Gasteiger partial charge is 0.396 e. The molecule has 0 radical (unpaired) electrons. The Bertz CT molecular complexity index is 666. The molecule has 2 heterocycles. The Morgan fingerprint density at radius 3 is 3.17 bits per heavy atom. The van der Waals surface area contributed by atoms with E-state index in [9.17, 15) is 9.18 Å². The molecule has 1 aliphatic rings. The van der Waals surface area contributed by atoms with Crippen LogP contribution in [0.4, 0.5) is 10.3 Å². The first-order chi connectivity index (χ1) is 8.53. The van der Waals surface area contributed by atoms with Gasteiger partial charge in [0.2, 0.25) is 5.95 Å². The third kappa shape index (κ3) is 1.57. The van der Waals surface area contributed by atoms with Crippen LogP contribution in [0.15, 0.2) is 11.1 Å². The van der Waals surface area contributed by atoms with Gasteiger partial charge in [-0.05, 0) is 6.42 Å². The van der Waals surface area contributed by atoms with E-state index < -0.39 is 11.2 Å². The normalized spacial score (nSPS) is 26.7. The van der Waals surface area contributed by atoms with Gasteiger partial charge in [-0.15, -0.1) is 0 Å². The van der Waals surface area contributed by atoms with E-state index >= 15 is 0 Å². The van der Waals surface area contributed by atoms with E-state index in [0.29, 0.717) is 6.42 Å². The summed E-state index contributed by atoms with van der Waals surface area (Å²) in [6.45, 7) is -0.163. The first kappa shape index (κ1) is 11.1. The summed E-state index contributed by atoms with van der Waals surface area (Å²) >= 11 is 0. The standard InChI is InChI=1S/C10H12FN5O2/c11-10(1-5(10)2-17)3-16-4-13-6-7(16)14-9(12)15-8(6)18/h4-5,17H,1-3H2,(H3,12,14,15,18)/t5-,10+/m0/s1. The van der Waals surface area contributed by atoms with E-state index in [0.717, 1.165) is 0 Å². The maximum Gasteiger partial charge on any atom is 0.280 e. The predicted octanol–water partition coefficient (Wildman–Crippen LogP) is -0.578. The summed E-state index contributed by atoms with van der Waals surface area (Å²) in [5.41, 5.74) is 3.95. The van der Waals surface area contributed by atoms with Crippen LogP contribution in [0.3, 0.4) is 0 Å². The summed E-state index contributed by atoms with van der Waals surface area (Å²) < 4.78 is 15.6. The monoisotopic (exact) mass is 253 g/mol. The average Bonchev–Trinajstić information content (AvgIpc) is 2.79. The van der Waals surface area contributed by atoms with E-state index in [1.807, 2.05) is 0 Å². The molecule has 3 rings (SSSR count). The molecular formula is C10H12FN5O2. The summed E-state index contributed by atoms with van der Waals surface area (Å²) in [6.07, 6.45) is 1.67. The second-order valence-corrected chi connectivity index (χ2v) is 4.61. The molecule has 2 atom stereocenters. The van der Waals surface area contributed by atoms with E-state index in [-0.39, 0.29) is 36.2 Å². The molecule has 1 fully saturated rings. The van der Waals surface area contributed by atoms with Gasteiger partial charge in [0.1, 0.15) is 5.67 Å². The van der Waals surface area contributed by atoms with Crippen molar-refractivity contribution in [3.8, 4) is 0 Å². The van der Waals surface area contributed by atoms with Gasteiger partial charge in [0, 0.05) is 12.5 Å². The van der Waals surface area contributed by atoms with Gasteiger partial charge < -0.3 is 15.4 Å². The fourth-order valence-corrected chi connectivity index (χ4v) is 2.14. The van der Waals surface area contributed by atoms with E-state index in [1.165, 1.54) is 10.9 Å². The highest BCUT2D eigenvalue weighted by molar-refractivity contribution is 5.70. The number of rotatable bonds is 3. The van der Waals surface area contributed by atoms with Crippen LogP contribution in [0.5, 0.6) is 0 Å². The van der Waals surface area contributed by atoms with Crippen LogP contribution in [0.1, 0.15) is 6.42 Å². The van der Waals surface area contributed by atoms with Crippen LogP contribution >= 0.6 is 0 Å². The Morgan fingerprint density at radius 2 is 2.50 bits per heavy atom. The highest BCUT2D eigenvalue weighted by Gasteiger charge is 2.55. The quantitative estimate of drug-likeness (QED) is 0.678. The summed E-state index contributed by atoms with van der Waals surface area (Å²) in [5, 5.41) is 8.92. The summed E-state index contributed by atoms with van der Waals surface area (Å²) in [6, 6.07) is 0. The summed E-state index contributed by atoms with van der Waals surface area (Å²) in [4.78, 5) is 21.7. The Hall–Kier alpha value is -1.96. The Kier molecular flexibility index (Phi) is 2.18. The number of anilines is 1. The molecule has 0 aromatic carbocycles. The minimum absolute atomic E-state index is 0.0185. The molecule has 18 heavy (non-hydrogen) atoms. The van der Waals surface area contributed by atoms with Crippen molar-refractivity contribution in [2.45, 2.75) is 18.6 Å². The van der Waals surface area contributed by atoms with Gasteiger partial charge >= 0.3 is 0 Å². The molecule has 2 aromatic heterocycles. The van der Waals surface area contributed by atoms with Gasteiger partial charge in [0.25, 0.3) is 5.56 Å². The number of aliphatic hydroxyl groups excluding tert-OH is 1. The number of aliphatic hydroxyl groups is 1. The number of alkyl halides is 1. The van der Waals surface area contributed by atoms with Gasteiger partial charge in [-0.25, -0.2) is 9.37 Å². The number of fused-ring (bicyclic) bond motifs is 1. The summed E-state index contributed by atoms with van der Waals surface area (Å²) in [7, 11) is 0. The Labute approximate surface area is 100 Å².